The van der Waals surface area contributed by atoms with Crippen LogP contribution in [0.2, 0.25) is 0 Å². The van der Waals surface area contributed by atoms with Gasteiger partial charge in [-0.15, -0.1) is 0 Å². The van der Waals surface area contributed by atoms with E-state index in [-0.39, 0.29) is 5.97 Å². The Morgan fingerprint density at radius 3 is 2.81 bits per heavy atom. The van der Waals surface area contributed by atoms with E-state index in [1.54, 1.807) is 18.2 Å². The molecule has 0 spiro atoms. The number of fused-ring (bicyclic) bond motifs is 3. The molecule has 3 aromatic rings. The fourth-order valence-electron chi connectivity index (χ4n) is 3.28. The monoisotopic (exact) mass is 346 g/mol. The van der Waals surface area contributed by atoms with E-state index in [1.165, 1.54) is 12.7 Å². The van der Waals surface area contributed by atoms with E-state index in [0.717, 1.165) is 40.2 Å². The van der Waals surface area contributed by atoms with Crippen LogP contribution in [-0.4, -0.2) is 29.9 Å². The van der Waals surface area contributed by atoms with Gasteiger partial charge < -0.3 is 9.47 Å². The van der Waals surface area contributed by atoms with Gasteiger partial charge in [0, 0.05) is 23.1 Å². The number of hydrogen-bond donors (Lipinski definition) is 1. The first kappa shape index (κ1) is 16.1. The number of nitrogens with one attached hydrogen (secondary N) is 1. The van der Waals surface area contributed by atoms with Crippen molar-refractivity contribution >= 4 is 5.97 Å². The van der Waals surface area contributed by atoms with Crippen molar-refractivity contribution in [3.8, 4) is 28.3 Å². The normalized spacial score (nSPS) is 11.6. The molecule has 0 atom stereocenters. The van der Waals surface area contributed by atoms with Crippen LogP contribution in [0.25, 0.3) is 22.5 Å². The summed E-state index contributed by atoms with van der Waals surface area (Å²) in [7, 11) is 1.38. The summed E-state index contributed by atoms with van der Waals surface area (Å²) in [5.41, 5.74) is 6.95. The van der Waals surface area contributed by atoms with Gasteiger partial charge in [-0.1, -0.05) is 24.8 Å². The van der Waals surface area contributed by atoms with Gasteiger partial charge in [0.1, 0.15) is 12.4 Å². The van der Waals surface area contributed by atoms with Crippen molar-refractivity contribution in [2.75, 3.05) is 13.7 Å². The van der Waals surface area contributed by atoms with Crippen LogP contribution in [-0.2, 0) is 11.2 Å². The largest absolute Gasteiger partial charge is 0.490 e. The summed E-state index contributed by atoms with van der Waals surface area (Å²) in [5.74, 6) is 0.494. The molecule has 0 fully saturated rings. The lowest BCUT2D eigenvalue weighted by atomic mass is 10.0. The second-order valence-corrected chi connectivity index (χ2v) is 6.09. The highest BCUT2D eigenvalue weighted by Gasteiger charge is 2.25. The van der Waals surface area contributed by atoms with Crippen LogP contribution in [0.15, 0.2) is 55.1 Å². The average molecular weight is 346 g/mol. The third-order valence-electron chi connectivity index (χ3n) is 4.53. The molecule has 5 nitrogen and oxygen atoms in total. The van der Waals surface area contributed by atoms with Crippen LogP contribution in [0.3, 0.4) is 0 Å². The maximum atomic E-state index is 11.6. The Balaban J connectivity index is 1.64. The molecule has 0 unspecified atom stereocenters. The van der Waals surface area contributed by atoms with Crippen LogP contribution >= 0.6 is 0 Å². The van der Waals surface area contributed by atoms with Gasteiger partial charge in [-0.05, 0) is 35.9 Å². The van der Waals surface area contributed by atoms with Gasteiger partial charge in [0.25, 0.3) is 0 Å². The van der Waals surface area contributed by atoms with Crippen LogP contribution in [0, 0.1) is 0 Å². The van der Waals surface area contributed by atoms with Gasteiger partial charge in [-0.3, -0.25) is 5.10 Å². The van der Waals surface area contributed by atoms with Crippen molar-refractivity contribution in [1.29, 1.82) is 0 Å². The van der Waals surface area contributed by atoms with Gasteiger partial charge in [-0.2, -0.15) is 5.10 Å². The number of carbonyl (C=O) groups is 1. The summed E-state index contributed by atoms with van der Waals surface area (Å²) in [6.45, 7) is 4.16. The number of hydrogen-bond acceptors (Lipinski definition) is 4. The zero-order chi connectivity index (χ0) is 18.1. The molecule has 1 aromatic heterocycles. The number of rotatable bonds is 5. The van der Waals surface area contributed by atoms with Gasteiger partial charge in [0.2, 0.25) is 0 Å². The molecule has 1 aliphatic rings. The molecule has 0 radical (unpaired) electrons. The average Bonchev–Trinajstić information content (AvgIpc) is 3.24. The van der Waals surface area contributed by atoms with Crippen LogP contribution < -0.4 is 4.74 Å². The van der Waals surface area contributed by atoms with Crippen LogP contribution in [0.5, 0.6) is 5.75 Å². The summed E-state index contributed by atoms with van der Waals surface area (Å²) < 4.78 is 10.4. The first-order chi connectivity index (χ1) is 12.7. The molecular weight excluding hydrogens is 328 g/mol. The van der Waals surface area contributed by atoms with Crippen molar-refractivity contribution in [2.24, 2.45) is 0 Å². The van der Waals surface area contributed by atoms with Gasteiger partial charge in [-0.25, -0.2) is 4.79 Å². The number of aromatic amines is 1. The number of ether oxygens (including phenoxy) is 2. The van der Waals surface area contributed by atoms with Crippen molar-refractivity contribution in [3.63, 3.8) is 0 Å². The lowest BCUT2D eigenvalue weighted by molar-refractivity contribution is 0.0601. The third kappa shape index (κ3) is 2.67. The van der Waals surface area contributed by atoms with E-state index in [0.29, 0.717) is 12.2 Å². The molecule has 1 aliphatic carbocycles. The minimum atomic E-state index is -0.344. The van der Waals surface area contributed by atoms with Crippen LogP contribution in [0.1, 0.15) is 21.5 Å². The number of benzene rings is 2. The molecule has 4 rings (SSSR count). The number of nitrogens with zero attached hydrogens (tertiary/aromatic N) is 1. The Bertz CT molecular complexity index is 987. The van der Waals surface area contributed by atoms with E-state index >= 15 is 0 Å². The van der Waals surface area contributed by atoms with E-state index in [1.807, 2.05) is 18.2 Å². The Kier molecular flexibility index (Phi) is 4.05. The minimum absolute atomic E-state index is 0.344. The molecule has 1 N–H and O–H groups in total. The molecule has 0 aliphatic heterocycles. The molecule has 5 heteroatoms. The number of H-pyrrole nitrogens is 1. The SMILES string of the molecule is C=CCOc1ccc2c(c1)Cc1c(-c3ccc(C(=O)OC)cc3)n[nH]c1-2. The van der Waals surface area contributed by atoms with Crippen molar-refractivity contribution in [1.82, 2.24) is 10.2 Å². The fourth-order valence-corrected chi connectivity index (χ4v) is 3.28. The molecule has 0 saturated heterocycles. The number of methoxy groups -OCH3 is 1. The summed E-state index contributed by atoms with van der Waals surface area (Å²) in [6.07, 6.45) is 2.52. The second-order valence-electron chi connectivity index (χ2n) is 6.09. The molecule has 26 heavy (non-hydrogen) atoms. The Labute approximate surface area is 151 Å². The van der Waals surface area contributed by atoms with E-state index in [9.17, 15) is 4.79 Å². The molecule has 130 valence electrons. The third-order valence-corrected chi connectivity index (χ3v) is 4.53. The maximum absolute atomic E-state index is 11.6. The minimum Gasteiger partial charge on any atom is -0.490 e. The van der Waals surface area contributed by atoms with E-state index in [2.05, 4.69) is 28.9 Å². The summed E-state index contributed by atoms with van der Waals surface area (Å²) in [5, 5.41) is 7.64. The van der Waals surface area contributed by atoms with Crippen LogP contribution in [0.4, 0.5) is 0 Å². The Hall–Kier alpha value is -3.34. The molecular formula is C21H18N2O3. The smallest absolute Gasteiger partial charge is 0.337 e. The van der Waals surface area contributed by atoms with Gasteiger partial charge in [0.15, 0.2) is 0 Å². The highest BCUT2D eigenvalue weighted by molar-refractivity contribution is 5.90. The quantitative estimate of drug-likeness (QED) is 0.438. The number of esters is 1. The molecule has 0 bridgehead atoms. The standard InChI is InChI=1S/C21H18N2O3/c1-3-10-26-16-8-9-17-15(11-16)12-18-19(22-23-20(17)18)13-4-6-14(7-5-13)21(24)25-2/h3-9,11H,1,10,12H2,2H3,(H,22,23). The molecule has 1 heterocycles. The Morgan fingerprint density at radius 1 is 1.27 bits per heavy atom. The second kappa shape index (κ2) is 6.52. The zero-order valence-corrected chi connectivity index (χ0v) is 14.4. The maximum Gasteiger partial charge on any atom is 0.337 e. The summed E-state index contributed by atoms with van der Waals surface area (Å²) in [4.78, 5) is 11.6. The van der Waals surface area contributed by atoms with Gasteiger partial charge >= 0.3 is 5.97 Å². The van der Waals surface area contributed by atoms with Crippen molar-refractivity contribution < 1.29 is 14.3 Å². The first-order valence-corrected chi connectivity index (χ1v) is 8.34. The predicted molar refractivity (Wildman–Crippen MR) is 99.3 cm³/mol. The van der Waals surface area contributed by atoms with Crippen molar-refractivity contribution in [2.45, 2.75) is 6.42 Å². The summed E-state index contributed by atoms with van der Waals surface area (Å²) in [6, 6.07) is 13.4. The zero-order valence-electron chi connectivity index (χ0n) is 14.4. The number of carbonyl (C=O) groups excluding carboxylic acids is 1. The first-order valence-electron chi connectivity index (χ1n) is 8.34. The summed E-state index contributed by atoms with van der Waals surface area (Å²) >= 11 is 0. The van der Waals surface area contributed by atoms with Gasteiger partial charge in [0.05, 0.1) is 24.1 Å². The molecule has 2 aromatic carbocycles. The number of aromatic nitrogens is 2. The lowest BCUT2D eigenvalue weighted by Crippen LogP contribution is -2.00. The highest BCUT2D eigenvalue weighted by atomic mass is 16.5. The van der Waals surface area contributed by atoms with E-state index < -0.39 is 0 Å². The molecule has 0 amide bonds. The topological polar surface area (TPSA) is 64.2 Å². The van der Waals surface area contributed by atoms with Crippen molar-refractivity contribution in [3.05, 3.63) is 71.8 Å². The highest BCUT2D eigenvalue weighted by Crippen LogP contribution is 2.41. The lowest BCUT2D eigenvalue weighted by Gasteiger charge is -2.06. The molecule has 0 saturated carbocycles. The predicted octanol–water partition coefficient (Wildman–Crippen LogP) is 4.00. The van der Waals surface area contributed by atoms with E-state index in [4.69, 9.17) is 9.47 Å². The Morgan fingerprint density at radius 2 is 2.08 bits per heavy atom. The fraction of sp³-hybridized carbons (Fsp3) is 0.143.